The molecule has 1 amide bonds. The zero-order chi connectivity index (χ0) is 11.7. The Morgan fingerprint density at radius 3 is 2.50 bits per heavy atom. The first kappa shape index (κ1) is 11.6. The van der Waals surface area contributed by atoms with E-state index in [0.717, 1.165) is 21.3 Å². The van der Waals surface area contributed by atoms with Crippen molar-refractivity contribution >= 4 is 27.5 Å². The third-order valence-corrected chi connectivity index (χ3v) is 3.17. The standard InChI is InChI=1S/C12H14BrNO2/c1-8-5-10(13)6-9(2)12(8)14-3-4-16-7-11(14)15/h5-6H,3-4,7H2,1-2H3. The van der Waals surface area contributed by atoms with Crippen molar-refractivity contribution in [3.63, 3.8) is 0 Å². The summed E-state index contributed by atoms with van der Waals surface area (Å²) in [6.45, 7) is 5.49. The number of morpholine rings is 1. The average Bonchev–Trinajstić information content (AvgIpc) is 2.19. The Morgan fingerprint density at radius 2 is 1.94 bits per heavy atom. The van der Waals surface area contributed by atoms with Gasteiger partial charge in [-0.1, -0.05) is 15.9 Å². The second-order valence-corrected chi connectivity index (χ2v) is 4.90. The number of hydrogen-bond donors (Lipinski definition) is 0. The van der Waals surface area contributed by atoms with Gasteiger partial charge in [-0.05, 0) is 37.1 Å². The van der Waals surface area contributed by atoms with Gasteiger partial charge in [-0.2, -0.15) is 0 Å². The molecular weight excluding hydrogens is 270 g/mol. The van der Waals surface area contributed by atoms with Crippen LogP contribution in [-0.2, 0) is 9.53 Å². The highest BCUT2D eigenvalue weighted by Gasteiger charge is 2.23. The normalized spacial score (nSPS) is 16.7. The molecular formula is C12H14BrNO2. The van der Waals surface area contributed by atoms with Crippen LogP contribution in [-0.4, -0.2) is 25.7 Å². The van der Waals surface area contributed by atoms with Crippen molar-refractivity contribution < 1.29 is 9.53 Å². The van der Waals surface area contributed by atoms with Crippen molar-refractivity contribution in [1.29, 1.82) is 0 Å². The number of anilines is 1. The van der Waals surface area contributed by atoms with Gasteiger partial charge in [0.15, 0.2) is 0 Å². The van der Waals surface area contributed by atoms with E-state index in [9.17, 15) is 4.79 Å². The summed E-state index contributed by atoms with van der Waals surface area (Å²) in [7, 11) is 0. The van der Waals surface area contributed by atoms with Crippen LogP contribution in [0.5, 0.6) is 0 Å². The van der Waals surface area contributed by atoms with E-state index in [1.807, 2.05) is 30.9 Å². The molecule has 0 bridgehead atoms. The Kier molecular flexibility index (Phi) is 3.30. The summed E-state index contributed by atoms with van der Waals surface area (Å²) in [6, 6.07) is 4.07. The van der Waals surface area contributed by atoms with E-state index in [1.54, 1.807) is 0 Å². The van der Waals surface area contributed by atoms with Crippen LogP contribution in [0.2, 0.25) is 0 Å². The number of hydrogen-bond acceptors (Lipinski definition) is 2. The second-order valence-electron chi connectivity index (χ2n) is 3.99. The number of ether oxygens (including phenoxy) is 1. The van der Waals surface area contributed by atoms with Crippen LogP contribution in [0.15, 0.2) is 16.6 Å². The molecule has 0 N–H and O–H groups in total. The Bertz CT molecular complexity index is 408. The lowest BCUT2D eigenvalue weighted by atomic mass is 10.1. The molecule has 3 nitrogen and oxygen atoms in total. The van der Waals surface area contributed by atoms with Gasteiger partial charge >= 0.3 is 0 Å². The van der Waals surface area contributed by atoms with Gasteiger partial charge in [0.05, 0.1) is 6.61 Å². The third kappa shape index (κ3) is 2.13. The maximum atomic E-state index is 11.8. The molecule has 1 aromatic rings. The van der Waals surface area contributed by atoms with E-state index in [2.05, 4.69) is 15.9 Å². The topological polar surface area (TPSA) is 29.5 Å². The van der Waals surface area contributed by atoms with Crippen molar-refractivity contribution in [2.45, 2.75) is 13.8 Å². The molecule has 0 atom stereocenters. The quantitative estimate of drug-likeness (QED) is 0.792. The lowest BCUT2D eigenvalue weighted by Gasteiger charge is -2.29. The first-order valence-corrected chi connectivity index (χ1v) is 6.04. The number of aryl methyl sites for hydroxylation is 2. The highest BCUT2D eigenvalue weighted by Crippen LogP contribution is 2.29. The summed E-state index contributed by atoms with van der Waals surface area (Å²) >= 11 is 3.46. The van der Waals surface area contributed by atoms with E-state index >= 15 is 0 Å². The van der Waals surface area contributed by atoms with Gasteiger partial charge in [0.25, 0.3) is 5.91 Å². The van der Waals surface area contributed by atoms with Crippen LogP contribution < -0.4 is 4.90 Å². The van der Waals surface area contributed by atoms with Gasteiger partial charge in [0.2, 0.25) is 0 Å². The Labute approximate surface area is 104 Å². The van der Waals surface area contributed by atoms with Crippen LogP contribution in [0.25, 0.3) is 0 Å². The van der Waals surface area contributed by atoms with Gasteiger partial charge in [-0.15, -0.1) is 0 Å². The summed E-state index contributed by atoms with van der Waals surface area (Å²) in [5, 5.41) is 0. The predicted molar refractivity (Wildman–Crippen MR) is 66.8 cm³/mol. The largest absolute Gasteiger partial charge is 0.370 e. The molecule has 0 unspecified atom stereocenters. The van der Waals surface area contributed by atoms with E-state index in [1.165, 1.54) is 0 Å². The molecule has 0 aliphatic carbocycles. The average molecular weight is 284 g/mol. The zero-order valence-corrected chi connectivity index (χ0v) is 11.0. The first-order valence-electron chi connectivity index (χ1n) is 5.24. The fourth-order valence-corrected chi connectivity index (χ4v) is 2.77. The Morgan fingerprint density at radius 1 is 1.31 bits per heavy atom. The van der Waals surface area contributed by atoms with Crippen molar-refractivity contribution in [3.8, 4) is 0 Å². The Balaban J connectivity index is 2.42. The van der Waals surface area contributed by atoms with E-state index in [4.69, 9.17) is 4.74 Å². The van der Waals surface area contributed by atoms with Gasteiger partial charge in [-0.25, -0.2) is 0 Å². The zero-order valence-electron chi connectivity index (χ0n) is 9.42. The first-order chi connectivity index (χ1) is 7.59. The van der Waals surface area contributed by atoms with Crippen molar-refractivity contribution in [2.24, 2.45) is 0 Å². The maximum Gasteiger partial charge on any atom is 0.253 e. The second kappa shape index (κ2) is 4.55. The number of rotatable bonds is 1. The predicted octanol–water partition coefficient (Wildman–Crippen LogP) is 2.43. The van der Waals surface area contributed by atoms with Gasteiger partial charge in [0, 0.05) is 16.7 Å². The number of benzene rings is 1. The number of halogens is 1. The molecule has 2 rings (SSSR count). The van der Waals surface area contributed by atoms with Crippen molar-refractivity contribution in [1.82, 2.24) is 0 Å². The van der Waals surface area contributed by atoms with E-state index in [-0.39, 0.29) is 12.5 Å². The molecule has 1 fully saturated rings. The molecule has 4 heteroatoms. The molecule has 1 saturated heterocycles. The summed E-state index contributed by atoms with van der Waals surface area (Å²) in [6.07, 6.45) is 0. The minimum Gasteiger partial charge on any atom is -0.370 e. The molecule has 1 heterocycles. The smallest absolute Gasteiger partial charge is 0.253 e. The van der Waals surface area contributed by atoms with Crippen LogP contribution in [0, 0.1) is 13.8 Å². The molecule has 0 spiro atoms. The maximum absolute atomic E-state index is 11.8. The molecule has 1 aliphatic heterocycles. The molecule has 86 valence electrons. The molecule has 16 heavy (non-hydrogen) atoms. The highest BCUT2D eigenvalue weighted by atomic mass is 79.9. The Hall–Kier alpha value is -0.870. The van der Waals surface area contributed by atoms with E-state index < -0.39 is 0 Å². The van der Waals surface area contributed by atoms with Gasteiger partial charge in [-0.3, -0.25) is 4.79 Å². The van der Waals surface area contributed by atoms with Crippen LogP contribution in [0.3, 0.4) is 0 Å². The fourth-order valence-electron chi connectivity index (χ4n) is 2.08. The lowest BCUT2D eigenvalue weighted by molar-refractivity contribution is -0.125. The van der Waals surface area contributed by atoms with Crippen LogP contribution in [0.4, 0.5) is 5.69 Å². The van der Waals surface area contributed by atoms with Gasteiger partial charge in [0.1, 0.15) is 6.61 Å². The SMILES string of the molecule is Cc1cc(Br)cc(C)c1N1CCOCC1=O. The summed E-state index contributed by atoms with van der Waals surface area (Å²) < 4.78 is 6.18. The molecule has 0 saturated carbocycles. The van der Waals surface area contributed by atoms with Crippen molar-refractivity contribution in [3.05, 3.63) is 27.7 Å². The van der Waals surface area contributed by atoms with Crippen molar-refractivity contribution in [2.75, 3.05) is 24.7 Å². The molecule has 0 aromatic heterocycles. The lowest BCUT2D eigenvalue weighted by Crippen LogP contribution is -2.42. The number of nitrogens with zero attached hydrogens (tertiary/aromatic N) is 1. The molecule has 1 aliphatic rings. The third-order valence-electron chi connectivity index (χ3n) is 2.71. The van der Waals surface area contributed by atoms with E-state index in [0.29, 0.717) is 13.2 Å². The minimum atomic E-state index is 0.0415. The number of amides is 1. The number of carbonyl (C=O) groups is 1. The monoisotopic (exact) mass is 283 g/mol. The van der Waals surface area contributed by atoms with Crippen LogP contribution in [0.1, 0.15) is 11.1 Å². The summed E-state index contributed by atoms with van der Waals surface area (Å²) in [5.41, 5.74) is 3.25. The van der Waals surface area contributed by atoms with Gasteiger partial charge < -0.3 is 9.64 Å². The fraction of sp³-hybridized carbons (Fsp3) is 0.417. The number of carbonyl (C=O) groups excluding carboxylic acids is 1. The summed E-state index contributed by atoms with van der Waals surface area (Å²) in [4.78, 5) is 13.6. The molecule has 0 radical (unpaired) electrons. The molecule has 1 aromatic carbocycles. The minimum absolute atomic E-state index is 0.0415. The summed E-state index contributed by atoms with van der Waals surface area (Å²) in [5.74, 6) is 0.0415. The highest BCUT2D eigenvalue weighted by molar-refractivity contribution is 9.10. The van der Waals surface area contributed by atoms with Crippen LogP contribution >= 0.6 is 15.9 Å².